The number of nitrogens with zero attached hydrogens (tertiary/aromatic N) is 2. The molecule has 1 fully saturated rings. The molecule has 1 saturated heterocycles. The summed E-state index contributed by atoms with van der Waals surface area (Å²) in [6.07, 6.45) is 4.38. The molecule has 2 aromatic rings. The molecule has 0 unspecified atom stereocenters. The van der Waals surface area contributed by atoms with Crippen LogP contribution in [0.15, 0.2) is 30.0 Å². The Balaban J connectivity index is 0.00000181. The molecular formula is C25H34N2O4Y-2. The van der Waals surface area contributed by atoms with Gasteiger partial charge in [0.25, 0.3) is 0 Å². The van der Waals surface area contributed by atoms with Crippen LogP contribution in [-0.2, 0) is 53.4 Å². The van der Waals surface area contributed by atoms with Crippen molar-refractivity contribution in [2.75, 3.05) is 34.4 Å². The molecule has 1 aromatic carbocycles. The van der Waals surface area contributed by atoms with Crippen LogP contribution in [0.1, 0.15) is 37.1 Å². The molecule has 3 heterocycles. The van der Waals surface area contributed by atoms with Crippen molar-refractivity contribution in [3.05, 3.63) is 55.8 Å². The number of aromatic nitrogens is 1. The van der Waals surface area contributed by atoms with Crippen LogP contribution < -0.4 is 4.74 Å². The molecule has 0 N–H and O–H groups in total. The van der Waals surface area contributed by atoms with Gasteiger partial charge in [-0.15, -0.1) is 7.05 Å². The minimum atomic E-state index is -0.304. The molecule has 0 saturated carbocycles. The third-order valence-electron chi connectivity index (χ3n) is 6.93. The largest absolute Gasteiger partial charge is 0.504 e. The van der Waals surface area contributed by atoms with Gasteiger partial charge in [-0.2, -0.15) is 0 Å². The van der Waals surface area contributed by atoms with Crippen LogP contribution >= 0.6 is 0 Å². The van der Waals surface area contributed by atoms with Crippen LogP contribution in [0.4, 0.5) is 0 Å². The van der Waals surface area contributed by atoms with Gasteiger partial charge in [0.05, 0.1) is 33.2 Å². The van der Waals surface area contributed by atoms with Gasteiger partial charge in [-0.3, -0.25) is 0 Å². The number of piperidine rings is 1. The van der Waals surface area contributed by atoms with Gasteiger partial charge in [-0.1, -0.05) is 42.3 Å². The first-order chi connectivity index (χ1) is 14.5. The minimum absolute atomic E-state index is 0. The van der Waals surface area contributed by atoms with Gasteiger partial charge in [0, 0.05) is 51.8 Å². The molecule has 7 heteroatoms. The number of hydrogen-bond acceptors (Lipinski definition) is 5. The Morgan fingerprint density at radius 3 is 2.66 bits per heavy atom. The standard InChI is InChI=1S/C24H31N2O4.CH3.Y/c1-6-15-13-26-11-10-16-22-19(8-7-9-21(22)29-4)25(2)23(16)20(26)12-17(15)18(14-28-3)24(27)30-5;;/h7-9,14-15,17,20H,2,6,10-13H2,1,3-5H3;1H3;/q2*-1;/b18-14-;;/t15-,17+,20+;;/m1../s1. The Bertz CT molecular complexity index is 984. The van der Waals surface area contributed by atoms with E-state index in [2.05, 4.69) is 29.5 Å². The molecular weight excluding hydrogens is 481 g/mol. The van der Waals surface area contributed by atoms with Crippen LogP contribution in [0.25, 0.3) is 10.9 Å². The molecule has 2 aliphatic rings. The van der Waals surface area contributed by atoms with E-state index in [0.717, 1.165) is 43.6 Å². The normalized spacial score (nSPS) is 22.8. The van der Waals surface area contributed by atoms with Crippen molar-refractivity contribution >= 4 is 16.9 Å². The molecule has 0 aliphatic carbocycles. The first-order valence-electron chi connectivity index (χ1n) is 10.6. The van der Waals surface area contributed by atoms with Gasteiger partial charge in [0.1, 0.15) is 5.75 Å². The van der Waals surface area contributed by atoms with E-state index in [1.54, 1.807) is 20.5 Å². The number of ether oxygens (including phenoxy) is 3. The van der Waals surface area contributed by atoms with Crippen molar-refractivity contribution in [2.24, 2.45) is 11.8 Å². The number of esters is 1. The summed E-state index contributed by atoms with van der Waals surface area (Å²) in [4.78, 5) is 15.1. The predicted octanol–water partition coefficient (Wildman–Crippen LogP) is 4.39. The number of rotatable bonds is 5. The van der Waals surface area contributed by atoms with Crippen LogP contribution in [0.2, 0.25) is 0 Å². The quantitative estimate of drug-likeness (QED) is 0.256. The van der Waals surface area contributed by atoms with Crippen LogP contribution in [0.3, 0.4) is 0 Å². The monoisotopic (exact) mass is 515 g/mol. The fraction of sp³-hybridized carbons (Fsp3) is 0.480. The smallest absolute Gasteiger partial charge is 0.337 e. The second-order valence-corrected chi connectivity index (χ2v) is 8.22. The predicted molar refractivity (Wildman–Crippen MR) is 123 cm³/mol. The Morgan fingerprint density at radius 1 is 1.28 bits per heavy atom. The molecule has 2 aliphatic heterocycles. The summed E-state index contributed by atoms with van der Waals surface area (Å²) in [5.41, 5.74) is 4.28. The van der Waals surface area contributed by atoms with E-state index in [1.807, 2.05) is 12.1 Å². The molecule has 6 nitrogen and oxygen atoms in total. The zero-order valence-corrected chi connectivity index (χ0v) is 22.7. The number of benzene rings is 1. The molecule has 32 heavy (non-hydrogen) atoms. The number of methoxy groups -OCH3 is 3. The van der Waals surface area contributed by atoms with Crippen molar-refractivity contribution < 1.29 is 51.7 Å². The number of fused-ring (bicyclic) bond motifs is 5. The third kappa shape index (κ3) is 4.34. The maximum atomic E-state index is 12.5. The van der Waals surface area contributed by atoms with Gasteiger partial charge in [-0.25, -0.2) is 4.79 Å². The number of hydrogen-bond donors (Lipinski definition) is 0. The minimum Gasteiger partial charge on any atom is -0.504 e. The zero-order valence-electron chi connectivity index (χ0n) is 19.9. The Morgan fingerprint density at radius 2 is 2.03 bits per heavy atom. The van der Waals surface area contributed by atoms with E-state index in [0.29, 0.717) is 11.5 Å². The second kappa shape index (κ2) is 11.1. The van der Waals surface area contributed by atoms with E-state index >= 15 is 0 Å². The van der Waals surface area contributed by atoms with Gasteiger partial charge in [0.2, 0.25) is 0 Å². The van der Waals surface area contributed by atoms with Crippen molar-refractivity contribution in [1.82, 2.24) is 9.47 Å². The molecule has 3 atom stereocenters. The average molecular weight is 515 g/mol. The maximum absolute atomic E-state index is 12.5. The van der Waals surface area contributed by atoms with E-state index in [9.17, 15) is 4.79 Å². The van der Waals surface area contributed by atoms with Crippen LogP contribution in [0, 0.1) is 26.3 Å². The summed E-state index contributed by atoms with van der Waals surface area (Å²) in [6, 6.07) is 6.33. The van der Waals surface area contributed by atoms with Crippen molar-refractivity contribution in [1.29, 1.82) is 0 Å². The second-order valence-electron chi connectivity index (χ2n) is 8.22. The summed E-state index contributed by atoms with van der Waals surface area (Å²) in [5.74, 6) is 1.05. The van der Waals surface area contributed by atoms with Crippen molar-refractivity contribution in [3.63, 3.8) is 0 Å². The summed E-state index contributed by atoms with van der Waals surface area (Å²) in [6.45, 7) is 4.14. The van der Waals surface area contributed by atoms with E-state index in [4.69, 9.17) is 14.2 Å². The topological polar surface area (TPSA) is 52.9 Å². The average Bonchev–Trinajstić information content (AvgIpc) is 3.08. The van der Waals surface area contributed by atoms with Gasteiger partial charge >= 0.3 is 5.97 Å². The molecule has 4 rings (SSSR count). The number of carbonyl (C=O) groups excluding carboxylic acids is 1. The SMILES string of the molecule is [CH2-]n1c2c(c3c(OC)cccc31)CCN1C[C@@H](CC)[C@@H](/C(=C/OC)C(=O)OC)C[C@@H]21.[CH3-].[Y]. The van der Waals surface area contributed by atoms with Crippen LogP contribution in [-0.4, -0.2) is 49.9 Å². The molecule has 0 spiro atoms. The fourth-order valence-corrected chi connectivity index (χ4v) is 5.52. The zero-order chi connectivity index (χ0) is 21.4. The molecule has 173 valence electrons. The first kappa shape index (κ1) is 26.8. The third-order valence-corrected chi connectivity index (χ3v) is 6.93. The van der Waals surface area contributed by atoms with Crippen molar-refractivity contribution in [3.8, 4) is 5.75 Å². The van der Waals surface area contributed by atoms with Crippen LogP contribution in [0.5, 0.6) is 5.75 Å². The van der Waals surface area contributed by atoms with Crippen molar-refractivity contribution in [2.45, 2.75) is 32.2 Å². The summed E-state index contributed by atoms with van der Waals surface area (Å²) in [7, 11) is 9.12. The van der Waals surface area contributed by atoms with E-state index in [1.165, 1.54) is 23.8 Å². The Labute approximate surface area is 217 Å². The maximum Gasteiger partial charge on any atom is 0.337 e. The molecule has 1 radical (unpaired) electrons. The Hall–Kier alpha value is -1.50. The fourth-order valence-electron chi connectivity index (χ4n) is 5.52. The van der Waals surface area contributed by atoms with E-state index in [-0.39, 0.29) is 58.1 Å². The van der Waals surface area contributed by atoms with Gasteiger partial charge < -0.3 is 31.1 Å². The summed E-state index contributed by atoms with van der Waals surface area (Å²) < 4.78 is 18.1. The summed E-state index contributed by atoms with van der Waals surface area (Å²) >= 11 is 0. The Kier molecular flexibility index (Phi) is 9.27. The molecule has 0 amide bonds. The molecule has 1 aromatic heterocycles. The summed E-state index contributed by atoms with van der Waals surface area (Å²) in [5, 5.41) is 1.17. The number of carbonyl (C=O) groups is 1. The van der Waals surface area contributed by atoms with E-state index < -0.39 is 0 Å². The van der Waals surface area contributed by atoms with Gasteiger partial charge in [0.15, 0.2) is 0 Å². The first-order valence-corrected chi connectivity index (χ1v) is 10.6. The molecule has 0 bridgehead atoms. The van der Waals surface area contributed by atoms with Gasteiger partial charge in [-0.05, 0) is 36.1 Å².